The van der Waals surface area contributed by atoms with Crippen molar-refractivity contribution >= 4 is 5.78 Å². The zero-order chi connectivity index (χ0) is 9.97. The molecule has 0 aromatic carbocycles. The molecule has 4 heteroatoms. The maximum absolute atomic E-state index is 13.4. The second kappa shape index (κ2) is 3.92. The normalized spacial score (nSPS) is 23.2. The minimum atomic E-state index is -0.320. The monoisotopic (exact) mass is 197 g/mol. The van der Waals surface area contributed by atoms with Gasteiger partial charge in [-0.2, -0.15) is 0 Å². The molecule has 0 N–H and O–H groups in total. The van der Waals surface area contributed by atoms with E-state index in [0.717, 1.165) is 0 Å². The molecule has 0 aromatic heterocycles. The van der Waals surface area contributed by atoms with E-state index in [2.05, 4.69) is 0 Å². The van der Waals surface area contributed by atoms with Crippen molar-refractivity contribution in [3.05, 3.63) is 23.7 Å². The molecule has 0 saturated carbocycles. The highest BCUT2D eigenvalue weighted by Crippen LogP contribution is 2.21. The van der Waals surface area contributed by atoms with Gasteiger partial charge in [0, 0.05) is 13.1 Å². The fraction of sp³-hybridized carbons (Fsp3) is 0.500. The van der Waals surface area contributed by atoms with Gasteiger partial charge in [0.2, 0.25) is 0 Å². The van der Waals surface area contributed by atoms with E-state index in [4.69, 9.17) is 4.74 Å². The maximum atomic E-state index is 13.4. The predicted octanol–water partition coefficient (Wildman–Crippen LogP) is 1.03. The first-order chi connectivity index (χ1) is 6.77. The predicted molar refractivity (Wildman–Crippen MR) is 49.3 cm³/mol. The molecule has 0 bridgehead atoms. The van der Waals surface area contributed by atoms with Gasteiger partial charge in [0.25, 0.3) is 0 Å². The second-order valence-electron chi connectivity index (χ2n) is 3.37. The van der Waals surface area contributed by atoms with Crippen molar-refractivity contribution in [1.82, 2.24) is 4.90 Å². The molecular weight excluding hydrogens is 185 g/mol. The molecule has 3 nitrogen and oxygen atoms in total. The van der Waals surface area contributed by atoms with Crippen LogP contribution in [0.25, 0.3) is 0 Å². The van der Waals surface area contributed by atoms with Crippen LogP contribution in [-0.2, 0) is 9.53 Å². The van der Waals surface area contributed by atoms with Crippen molar-refractivity contribution < 1.29 is 13.9 Å². The van der Waals surface area contributed by atoms with Crippen LogP contribution >= 0.6 is 0 Å². The zero-order valence-corrected chi connectivity index (χ0v) is 7.83. The number of hydrogen-bond acceptors (Lipinski definition) is 3. The van der Waals surface area contributed by atoms with Gasteiger partial charge >= 0.3 is 0 Å². The third-order valence-electron chi connectivity index (χ3n) is 2.39. The molecule has 1 aliphatic heterocycles. The molecule has 1 fully saturated rings. The maximum Gasteiger partial charge on any atom is 0.162 e. The first kappa shape index (κ1) is 9.40. The van der Waals surface area contributed by atoms with Gasteiger partial charge in [0.15, 0.2) is 5.78 Å². The number of halogens is 1. The lowest BCUT2D eigenvalue weighted by atomic mass is 10.1. The van der Waals surface area contributed by atoms with E-state index in [-0.39, 0.29) is 18.0 Å². The van der Waals surface area contributed by atoms with Gasteiger partial charge in [-0.15, -0.1) is 0 Å². The van der Waals surface area contributed by atoms with Crippen LogP contribution in [0.4, 0.5) is 4.39 Å². The topological polar surface area (TPSA) is 29.5 Å². The van der Waals surface area contributed by atoms with Crippen LogP contribution in [-0.4, -0.2) is 37.0 Å². The third kappa shape index (κ3) is 1.85. The van der Waals surface area contributed by atoms with Gasteiger partial charge in [-0.25, -0.2) is 4.39 Å². The van der Waals surface area contributed by atoms with Crippen LogP contribution in [0.15, 0.2) is 23.7 Å². The molecule has 76 valence electrons. The van der Waals surface area contributed by atoms with Crippen LogP contribution in [0, 0.1) is 0 Å². The minimum Gasteiger partial charge on any atom is -0.378 e. The third-order valence-corrected chi connectivity index (χ3v) is 2.39. The number of carbonyl (C=O) groups excluding carboxylic acids is 1. The molecule has 0 atom stereocenters. The Hall–Kier alpha value is -1.16. The Morgan fingerprint density at radius 2 is 2.00 bits per heavy atom. The Labute approximate surface area is 81.8 Å². The van der Waals surface area contributed by atoms with E-state index in [9.17, 15) is 9.18 Å². The van der Waals surface area contributed by atoms with Crippen LogP contribution < -0.4 is 0 Å². The Bertz CT molecular complexity index is 303. The summed E-state index contributed by atoms with van der Waals surface area (Å²) in [5.74, 6) is -0.487. The van der Waals surface area contributed by atoms with Crippen molar-refractivity contribution in [2.45, 2.75) is 6.42 Å². The van der Waals surface area contributed by atoms with E-state index in [1.54, 1.807) is 6.08 Å². The molecule has 1 saturated heterocycles. The number of hydrogen-bond donors (Lipinski definition) is 0. The molecule has 2 rings (SSSR count). The van der Waals surface area contributed by atoms with Crippen molar-refractivity contribution in [2.24, 2.45) is 0 Å². The number of ether oxygens (including phenoxy) is 1. The molecule has 0 aromatic rings. The van der Waals surface area contributed by atoms with Crippen LogP contribution in [0.3, 0.4) is 0 Å². The zero-order valence-electron chi connectivity index (χ0n) is 7.83. The summed E-state index contributed by atoms with van der Waals surface area (Å²) in [4.78, 5) is 12.8. The lowest BCUT2D eigenvalue weighted by molar-refractivity contribution is -0.114. The fourth-order valence-electron chi connectivity index (χ4n) is 1.65. The lowest BCUT2D eigenvalue weighted by Crippen LogP contribution is -2.36. The molecule has 0 spiro atoms. The van der Waals surface area contributed by atoms with Crippen molar-refractivity contribution in [1.29, 1.82) is 0 Å². The summed E-state index contributed by atoms with van der Waals surface area (Å²) >= 11 is 0. The van der Waals surface area contributed by atoms with E-state index in [1.807, 2.05) is 4.90 Å². The first-order valence-corrected chi connectivity index (χ1v) is 4.69. The molecule has 0 radical (unpaired) electrons. The first-order valence-electron chi connectivity index (χ1n) is 4.69. The largest absolute Gasteiger partial charge is 0.378 e. The summed E-state index contributed by atoms with van der Waals surface area (Å²) in [5.41, 5.74) is 0.549. The number of ketones is 1. The molecule has 0 amide bonds. The van der Waals surface area contributed by atoms with E-state index < -0.39 is 0 Å². The van der Waals surface area contributed by atoms with Crippen LogP contribution in [0.5, 0.6) is 0 Å². The smallest absolute Gasteiger partial charge is 0.162 e. The summed E-state index contributed by atoms with van der Waals surface area (Å²) < 4.78 is 18.6. The van der Waals surface area contributed by atoms with Crippen molar-refractivity contribution in [2.75, 3.05) is 26.3 Å². The highest BCUT2D eigenvalue weighted by molar-refractivity contribution is 5.93. The number of morpholine rings is 1. The molecule has 14 heavy (non-hydrogen) atoms. The molecule has 0 unspecified atom stereocenters. The summed E-state index contributed by atoms with van der Waals surface area (Å²) in [6.45, 7) is 2.64. The summed E-state index contributed by atoms with van der Waals surface area (Å²) in [6, 6.07) is 0. The van der Waals surface area contributed by atoms with Gasteiger partial charge in [-0.1, -0.05) is 0 Å². The summed E-state index contributed by atoms with van der Waals surface area (Å²) in [7, 11) is 0. The molecule has 2 aliphatic rings. The number of carbonyl (C=O) groups is 1. The molecule has 1 aliphatic carbocycles. The van der Waals surface area contributed by atoms with Gasteiger partial charge in [0.05, 0.1) is 25.3 Å². The van der Waals surface area contributed by atoms with Gasteiger partial charge < -0.3 is 9.64 Å². The minimum absolute atomic E-state index is 0.0941. The van der Waals surface area contributed by atoms with E-state index in [0.29, 0.717) is 32.0 Å². The lowest BCUT2D eigenvalue weighted by Gasteiger charge is -2.30. The summed E-state index contributed by atoms with van der Waals surface area (Å²) in [5, 5.41) is 0. The SMILES string of the molecule is O=C1C=CC(N2CCOCC2)=C(F)C1. The number of rotatable bonds is 1. The highest BCUT2D eigenvalue weighted by atomic mass is 19.1. The van der Waals surface area contributed by atoms with Crippen LogP contribution in [0.1, 0.15) is 6.42 Å². The fourth-order valence-corrected chi connectivity index (χ4v) is 1.65. The van der Waals surface area contributed by atoms with E-state index in [1.165, 1.54) is 6.08 Å². The van der Waals surface area contributed by atoms with Crippen molar-refractivity contribution in [3.8, 4) is 0 Å². The number of nitrogens with zero attached hydrogens (tertiary/aromatic N) is 1. The Balaban J connectivity index is 2.12. The Kier molecular flexibility index (Phi) is 2.63. The Morgan fingerprint density at radius 1 is 1.29 bits per heavy atom. The van der Waals surface area contributed by atoms with Gasteiger partial charge in [-0.05, 0) is 12.2 Å². The van der Waals surface area contributed by atoms with Gasteiger partial charge in [0.1, 0.15) is 5.83 Å². The molecular formula is C10H12FNO2. The van der Waals surface area contributed by atoms with E-state index >= 15 is 0 Å². The molecule has 1 heterocycles. The standard InChI is InChI=1S/C10H12FNO2/c11-9-7-8(13)1-2-10(9)12-3-5-14-6-4-12/h1-2H,3-7H2. The second-order valence-corrected chi connectivity index (χ2v) is 3.37. The highest BCUT2D eigenvalue weighted by Gasteiger charge is 2.20. The van der Waals surface area contributed by atoms with Crippen LogP contribution in [0.2, 0.25) is 0 Å². The Morgan fingerprint density at radius 3 is 2.64 bits per heavy atom. The average molecular weight is 197 g/mol. The number of allylic oxidation sites excluding steroid dienone is 3. The quantitative estimate of drug-likeness (QED) is 0.628. The van der Waals surface area contributed by atoms with Crippen molar-refractivity contribution in [3.63, 3.8) is 0 Å². The van der Waals surface area contributed by atoms with Gasteiger partial charge in [-0.3, -0.25) is 4.79 Å². The summed E-state index contributed by atoms with van der Waals surface area (Å²) in [6.07, 6.45) is 2.91. The average Bonchev–Trinajstić information content (AvgIpc) is 2.19.